The summed E-state index contributed by atoms with van der Waals surface area (Å²) in [6.45, 7) is 21.3. The lowest BCUT2D eigenvalue weighted by atomic mass is 10.0. The molecule has 9 nitrogen and oxygen atoms in total. The molecule has 1 unspecified atom stereocenters. The maximum absolute atomic E-state index is 15.2. The van der Waals surface area contributed by atoms with Crippen molar-refractivity contribution in [3.63, 3.8) is 0 Å². The first-order valence-electron chi connectivity index (χ1n) is 17.7. The van der Waals surface area contributed by atoms with E-state index in [0.29, 0.717) is 12.0 Å². The van der Waals surface area contributed by atoms with E-state index < -0.39 is 19.5 Å². The quantitative estimate of drug-likeness (QED) is 0.0848. The molecule has 0 radical (unpaired) electrons. The van der Waals surface area contributed by atoms with Crippen LogP contribution >= 0.6 is 23.2 Å². The first-order valence-corrected chi connectivity index (χ1v) is 20.8. The topological polar surface area (TPSA) is 105 Å². The van der Waals surface area contributed by atoms with Gasteiger partial charge in [-0.2, -0.15) is 10.2 Å². The van der Waals surface area contributed by atoms with Gasteiger partial charge >= 0.3 is 0 Å². The van der Waals surface area contributed by atoms with Crippen LogP contribution in [0.15, 0.2) is 70.5 Å². The summed E-state index contributed by atoms with van der Waals surface area (Å²) in [5.74, 6) is 0.642. The van der Waals surface area contributed by atoms with E-state index in [2.05, 4.69) is 17.1 Å². The molecule has 53 heavy (non-hydrogen) atoms. The summed E-state index contributed by atoms with van der Waals surface area (Å²) >= 11 is 12.3. The zero-order chi connectivity index (χ0) is 39.9. The highest BCUT2D eigenvalue weighted by Gasteiger charge is 2.43. The molecule has 0 bridgehead atoms. The molecule has 0 saturated heterocycles. The number of nitrogens with zero attached hydrogens (tertiary/aromatic N) is 4. The van der Waals surface area contributed by atoms with Gasteiger partial charge in [-0.05, 0) is 75.9 Å². The van der Waals surface area contributed by atoms with Gasteiger partial charge in [0.2, 0.25) is 0 Å². The molecule has 0 fully saturated rings. The van der Waals surface area contributed by atoms with Crippen LogP contribution in [-0.4, -0.2) is 33.8 Å². The lowest BCUT2D eigenvalue weighted by Gasteiger charge is -2.32. The highest BCUT2D eigenvalue weighted by atomic mass is 35.5. The molecule has 2 aromatic carbocycles. The van der Waals surface area contributed by atoms with E-state index in [1.807, 2.05) is 98.7 Å². The standard InChI is InChI=1S/C20H28ClFN2O2Si.C20H25ClN2O3/c1-19(2,3)24-18(25)17(21)16(12-23-24)26-13-14-8-10-15(11-9-14)27(7,22)20(4,5)6;1-5-6-7-16(24)15-10-8-14(9-11-15)13-26-17-12-22-23(20(2,3)4)19(25)18(17)21/h8-12H,13H2,1-7H3;8-12H,5-7,13H2,1-4H3. The summed E-state index contributed by atoms with van der Waals surface area (Å²) in [6, 6.07) is 14.6. The molecule has 288 valence electrons. The SMILES string of the molecule is CC(C)(C)n1ncc(OCc2ccc([Si](C)(F)C(C)(C)C)cc2)c(Cl)c1=O.CCCCC(=O)c1ccc(COc2cnn(C(C)(C)C)c(=O)c2Cl)cc1. The van der Waals surface area contributed by atoms with Crippen LogP contribution in [0.3, 0.4) is 0 Å². The summed E-state index contributed by atoms with van der Waals surface area (Å²) < 4.78 is 29.2. The Morgan fingerprint density at radius 3 is 1.49 bits per heavy atom. The minimum Gasteiger partial charge on any atom is -0.485 e. The monoisotopic (exact) mass is 786 g/mol. The molecule has 2 aromatic heterocycles. The third-order valence-corrected chi connectivity index (χ3v) is 13.7. The van der Waals surface area contributed by atoms with Gasteiger partial charge < -0.3 is 13.6 Å². The number of rotatable bonds is 11. The predicted molar refractivity (Wildman–Crippen MR) is 214 cm³/mol. The van der Waals surface area contributed by atoms with Crippen molar-refractivity contribution in [2.24, 2.45) is 0 Å². The van der Waals surface area contributed by atoms with Gasteiger partial charge in [-0.15, -0.1) is 0 Å². The van der Waals surface area contributed by atoms with Crippen LogP contribution in [0.5, 0.6) is 11.5 Å². The van der Waals surface area contributed by atoms with Crippen LogP contribution < -0.4 is 25.8 Å². The van der Waals surface area contributed by atoms with Crippen LogP contribution in [-0.2, 0) is 24.3 Å². The first-order chi connectivity index (χ1) is 24.5. The molecule has 1 atom stereocenters. The second kappa shape index (κ2) is 17.6. The number of hydrogen-bond donors (Lipinski definition) is 0. The molecule has 0 aliphatic heterocycles. The van der Waals surface area contributed by atoms with Crippen LogP contribution in [0.4, 0.5) is 4.11 Å². The third kappa shape index (κ3) is 11.4. The van der Waals surface area contributed by atoms with Crippen molar-refractivity contribution in [2.45, 2.75) is 124 Å². The Morgan fingerprint density at radius 2 is 1.13 bits per heavy atom. The number of hydrogen-bond acceptors (Lipinski definition) is 7. The van der Waals surface area contributed by atoms with Crippen molar-refractivity contribution >= 4 is 42.6 Å². The summed E-state index contributed by atoms with van der Waals surface area (Å²) in [5, 5.41) is 8.69. The van der Waals surface area contributed by atoms with Gasteiger partial charge in [0.25, 0.3) is 19.5 Å². The number of halogens is 3. The fourth-order valence-corrected chi connectivity index (χ4v) is 6.96. The van der Waals surface area contributed by atoms with Crippen molar-refractivity contribution < 1.29 is 18.4 Å². The van der Waals surface area contributed by atoms with Crippen LogP contribution in [0.1, 0.15) is 110 Å². The Labute approximate surface area is 323 Å². The molecule has 4 rings (SSSR count). The normalized spacial score (nSPS) is 13.1. The van der Waals surface area contributed by atoms with E-state index >= 15 is 4.11 Å². The average Bonchev–Trinajstić information content (AvgIpc) is 3.07. The van der Waals surface area contributed by atoms with Gasteiger partial charge in [0.05, 0.1) is 23.5 Å². The Bertz CT molecular complexity index is 1980. The second-order valence-electron chi connectivity index (χ2n) is 16.2. The van der Waals surface area contributed by atoms with Gasteiger partial charge in [-0.25, -0.2) is 9.36 Å². The molecular formula is C40H53Cl2FN4O5Si. The van der Waals surface area contributed by atoms with E-state index in [9.17, 15) is 14.4 Å². The molecule has 0 aliphatic rings. The zero-order valence-electron chi connectivity index (χ0n) is 32.8. The lowest BCUT2D eigenvalue weighted by Crippen LogP contribution is -2.48. The van der Waals surface area contributed by atoms with E-state index in [4.69, 9.17) is 32.7 Å². The molecule has 4 aromatic rings. The molecule has 0 N–H and O–H groups in total. The van der Waals surface area contributed by atoms with Gasteiger partial charge in [0.15, 0.2) is 27.3 Å². The molecule has 2 heterocycles. The number of aromatic nitrogens is 4. The molecular weight excluding hydrogens is 734 g/mol. The third-order valence-electron chi connectivity index (χ3n) is 8.77. The number of unbranched alkanes of at least 4 members (excludes halogenated alkanes) is 1. The van der Waals surface area contributed by atoms with E-state index in [1.165, 1.54) is 21.8 Å². The predicted octanol–water partition coefficient (Wildman–Crippen LogP) is 9.39. The Kier molecular flexibility index (Phi) is 14.4. The fraction of sp³-hybridized carbons (Fsp3) is 0.475. The maximum atomic E-state index is 15.2. The number of carbonyl (C=O) groups is 1. The number of benzene rings is 2. The van der Waals surface area contributed by atoms with Crippen LogP contribution in [0, 0.1) is 0 Å². The smallest absolute Gasteiger partial charge is 0.289 e. The summed E-state index contributed by atoms with van der Waals surface area (Å²) in [4.78, 5) is 36.6. The van der Waals surface area contributed by atoms with Gasteiger partial charge in [-0.1, -0.05) is 106 Å². The first kappa shape index (κ1) is 43.6. The Hall–Kier alpha value is -3.80. The highest BCUT2D eigenvalue weighted by molar-refractivity contribution is 6.87. The Morgan fingerprint density at radius 1 is 0.736 bits per heavy atom. The van der Waals surface area contributed by atoms with E-state index in [1.54, 1.807) is 18.7 Å². The minimum atomic E-state index is -3.05. The molecule has 0 saturated carbocycles. The zero-order valence-corrected chi connectivity index (χ0v) is 35.3. The molecule has 13 heteroatoms. The summed E-state index contributed by atoms with van der Waals surface area (Å²) in [5.41, 5.74) is 0.760. The molecule has 0 amide bonds. The second-order valence-corrected chi connectivity index (χ2v) is 21.0. The fourth-order valence-electron chi connectivity index (χ4n) is 4.93. The average molecular weight is 788 g/mol. The van der Waals surface area contributed by atoms with Gasteiger partial charge in [0.1, 0.15) is 13.2 Å². The number of ketones is 1. The van der Waals surface area contributed by atoms with Crippen molar-refractivity contribution in [2.75, 3.05) is 0 Å². The van der Waals surface area contributed by atoms with Crippen LogP contribution in [0.25, 0.3) is 0 Å². The molecule has 0 aliphatic carbocycles. The van der Waals surface area contributed by atoms with Crippen molar-refractivity contribution in [1.29, 1.82) is 0 Å². The van der Waals surface area contributed by atoms with Crippen molar-refractivity contribution in [3.8, 4) is 11.5 Å². The Balaban J connectivity index is 0.000000286. The molecule has 0 spiro atoms. The van der Waals surface area contributed by atoms with Crippen molar-refractivity contribution in [1.82, 2.24) is 19.6 Å². The number of ether oxygens (including phenoxy) is 2. The minimum absolute atomic E-state index is 0.00742. The highest BCUT2D eigenvalue weighted by Crippen LogP contribution is 2.36. The maximum Gasteiger partial charge on any atom is 0.289 e. The largest absolute Gasteiger partial charge is 0.485 e. The lowest BCUT2D eigenvalue weighted by molar-refractivity contribution is 0.0979. The summed E-state index contributed by atoms with van der Waals surface area (Å²) in [6.07, 6.45) is 5.37. The van der Waals surface area contributed by atoms with Gasteiger partial charge in [0, 0.05) is 12.0 Å². The summed E-state index contributed by atoms with van der Waals surface area (Å²) in [7, 11) is -3.05. The number of Topliss-reactive ketones (excluding diaryl/α,β-unsaturated/α-hetero) is 1. The van der Waals surface area contributed by atoms with E-state index in [-0.39, 0.29) is 56.7 Å². The van der Waals surface area contributed by atoms with Crippen molar-refractivity contribution in [3.05, 3.63) is 108 Å². The van der Waals surface area contributed by atoms with Gasteiger partial charge in [-0.3, -0.25) is 14.4 Å². The van der Waals surface area contributed by atoms with Crippen LogP contribution in [0.2, 0.25) is 21.6 Å². The van der Waals surface area contributed by atoms with E-state index in [0.717, 1.165) is 29.2 Å². The number of carbonyl (C=O) groups excluding carboxylic acids is 1.